The summed E-state index contributed by atoms with van der Waals surface area (Å²) in [5.41, 5.74) is 2.83. The van der Waals surface area contributed by atoms with Crippen LogP contribution in [-0.4, -0.2) is 25.4 Å². The van der Waals surface area contributed by atoms with Crippen LogP contribution in [0.4, 0.5) is 11.4 Å². The molecule has 2 N–H and O–H groups in total. The monoisotopic (exact) mass is 402 g/mol. The van der Waals surface area contributed by atoms with Crippen molar-refractivity contribution in [1.82, 2.24) is 9.55 Å². The quantitative estimate of drug-likeness (QED) is 0.279. The molecule has 1 atom stereocenters. The summed E-state index contributed by atoms with van der Waals surface area (Å²) in [6.45, 7) is 1.48. The maximum atomic E-state index is 11.8. The van der Waals surface area contributed by atoms with Crippen molar-refractivity contribution in [2.24, 2.45) is 0 Å². The number of nitro groups is 1. The van der Waals surface area contributed by atoms with Crippen LogP contribution in [0.25, 0.3) is 11.0 Å². The van der Waals surface area contributed by atoms with Crippen molar-refractivity contribution < 1.29 is 14.8 Å². The highest BCUT2D eigenvalue weighted by molar-refractivity contribution is 5.95. The molecular weight excluding hydrogens is 384 g/mol. The molecule has 4 aromatic rings. The van der Waals surface area contributed by atoms with E-state index in [1.54, 1.807) is 35.2 Å². The van der Waals surface area contributed by atoms with Gasteiger partial charge in [-0.15, -0.1) is 0 Å². The Labute approximate surface area is 171 Å². The van der Waals surface area contributed by atoms with Crippen molar-refractivity contribution >= 4 is 28.2 Å². The van der Waals surface area contributed by atoms with E-state index >= 15 is 0 Å². The summed E-state index contributed by atoms with van der Waals surface area (Å²) in [6, 6.07) is 18.3. The molecule has 0 unspecified atom stereocenters. The lowest BCUT2D eigenvalue weighted by Crippen LogP contribution is -2.19. The molecule has 0 spiro atoms. The summed E-state index contributed by atoms with van der Waals surface area (Å²) < 4.78 is 1.79. The van der Waals surface area contributed by atoms with Crippen LogP contribution in [0.15, 0.2) is 73.1 Å². The van der Waals surface area contributed by atoms with Gasteiger partial charge in [0.05, 0.1) is 22.3 Å². The van der Waals surface area contributed by atoms with E-state index in [2.05, 4.69) is 10.3 Å². The number of non-ortho nitro benzene ring substituents is 1. The van der Waals surface area contributed by atoms with Crippen molar-refractivity contribution in [1.29, 1.82) is 0 Å². The number of fused-ring (bicyclic) bond motifs is 1. The van der Waals surface area contributed by atoms with Crippen LogP contribution in [0.5, 0.6) is 5.75 Å². The van der Waals surface area contributed by atoms with Gasteiger partial charge in [-0.3, -0.25) is 14.9 Å². The van der Waals surface area contributed by atoms with Gasteiger partial charge >= 0.3 is 0 Å². The Hall–Kier alpha value is -4.20. The Morgan fingerprint density at radius 2 is 1.93 bits per heavy atom. The highest BCUT2D eigenvalue weighted by Gasteiger charge is 2.22. The molecule has 150 valence electrons. The van der Waals surface area contributed by atoms with Crippen molar-refractivity contribution in [2.45, 2.75) is 13.1 Å². The summed E-state index contributed by atoms with van der Waals surface area (Å²) in [6.07, 6.45) is 0.898. The maximum Gasteiger partial charge on any atom is 0.270 e. The predicted octanol–water partition coefficient (Wildman–Crippen LogP) is 4.51. The number of phenolic OH excluding ortho intramolecular Hbond substituents is 1. The van der Waals surface area contributed by atoms with E-state index < -0.39 is 11.1 Å². The third kappa shape index (κ3) is 3.58. The second-order valence-electron chi connectivity index (χ2n) is 6.82. The number of aromatic nitrogens is 2. The van der Waals surface area contributed by atoms with Crippen molar-refractivity contribution in [3.05, 3.63) is 94.3 Å². The van der Waals surface area contributed by atoms with Gasteiger partial charge in [0, 0.05) is 28.9 Å². The number of nitrogens with zero attached hydrogens (tertiary/aromatic N) is 3. The largest absolute Gasteiger partial charge is 0.508 e. The average molecular weight is 402 g/mol. The minimum Gasteiger partial charge on any atom is -0.508 e. The molecule has 0 saturated carbocycles. The molecular formula is C22H18N4O4. The predicted molar refractivity (Wildman–Crippen MR) is 113 cm³/mol. The number of para-hydroxylation sites is 2. The van der Waals surface area contributed by atoms with Gasteiger partial charge in [-0.05, 0) is 37.3 Å². The Balaban J connectivity index is 1.88. The number of phenols is 1. The van der Waals surface area contributed by atoms with Gasteiger partial charge in [0.2, 0.25) is 0 Å². The number of imidazole rings is 1. The first kappa shape index (κ1) is 19.1. The number of carbonyl (C=O) groups is 1. The molecule has 0 saturated heterocycles. The number of carbonyl (C=O) groups excluding carboxylic acids is 1. The Morgan fingerprint density at radius 3 is 2.70 bits per heavy atom. The lowest BCUT2D eigenvalue weighted by molar-refractivity contribution is -0.385. The lowest BCUT2D eigenvalue weighted by Gasteiger charge is -2.23. The molecule has 0 aliphatic heterocycles. The number of nitro benzene ring substituents is 1. The van der Waals surface area contributed by atoms with Gasteiger partial charge in [0.1, 0.15) is 11.9 Å². The molecule has 0 aliphatic rings. The number of anilines is 1. The summed E-state index contributed by atoms with van der Waals surface area (Å²) in [5, 5.41) is 25.1. The summed E-state index contributed by atoms with van der Waals surface area (Å²) in [5.74, 6) is -0.180. The number of rotatable bonds is 6. The number of ketones is 1. The zero-order chi connectivity index (χ0) is 21.3. The topological polar surface area (TPSA) is 110 Å². The molecule has 30 heavy (non-hydrogen) atoms. The number of Topliss-reactive ketones (excluding diaryl/α,β-unsaturated/α-hetero) is 1. The normalized spacial score (nSPS) is 11.9. The van der Waals surface area contributed by atoms with E-state index in [1.165, 1.54) is 25.1 Å². The highest BCUT2D eigenvalue weighted by Crippen LogP contribution is 2.33. The zero-order valence-corrected chi connectivity index (χ0v) is 16.0. The third-order valence-corrected chi connectivity index (χ3v) is 4.85. The van der Waals surface area contributed by atoms with Crippen LogP contribution in [-0.2, 0) is 0 Å². The first-order valence-electron chi connectivity index (χ1n) is 9.20. The fourth-order valence-corrected chi connectivity index (χ4v) is 3.34. The van der Waals surface area contributed by atoms with E-state index in [9.17, 15) is 20.0 Å². The van der Waals surface area contributed by atoms with E-state index in [0.717, 1.165) is 11.0 Å². The van der Waals surface area contributed by atoms with Crippen LogP contribution >= 0.6 is 0 Å². The lowest BCUT2D eigenvalue weighted by atomic mass is 10.1. The molecule has 0 amide bonds. The number of nitrogens with one attached hydrogen (secondary N) is 1. The molecule has 8 heteroatoms. The van der Waals surface area contributed by atoms with Crippen LogP contribution in [0.2, 0.25) is 0 Å². The highest BCUT2D eigenvalue weighted by atomic mass is 16.6. The molecule has 8 nitrogen and oxygen atoms in total. The summed E-state index contributed by atoms with van der Waals surface area (Å²) >= 11 is 0. The molecule has 1 aromatic heterocycles. The Bertz CT molecular complexity index is 1260. The Morgan fingerprint density at radius 1 is 1.13 bits per heavy atom. The second-order valence-corrected chi connectivity index (χ2v) is 6.82. The molecule has 4 rings (SSSR count). The minimum absolute atomic E-state index is 0.0820. The molecule has 0 fully saturated rings. The van der Waals surface area contributed by atoms with Crippen molar-refractivity contribution in [3.8, 4) is 5.75 Å². The van der Waals surface area contributed by atoms with Crippen molar-refractivity contribution in [2.75, 3.05) is 5.32 Å². The van der Waals surface area contributed by atoms with Gasteiger partial charge < -0.3 is 15.0 Å². The number of benzene rings is 3. The van der Waals surface area contributed by atoms with Crippen LogP contribution in [0.3, 0.4) is 0 Å². The van der Waals surface area contributed by atoms with Crippen LogP contribution < -0.4 is 5.32 Å². The summed E-state index contributed by atoms with van der Waals surface area (Å²) in [7, 11) is 0. The van der Waals surface area contributed by atoms with Gasteiger partial charge in [0.15, 0.2) is 5.78 Å². The first-order valence-corrected chi connectivity index (χ1v) is 9.20. The minimum atomic E-state index is -0.709. The molecule has 3 aromatic carbocycles. The third-order valence-electron chi connectivity index (χ3n) is 4.85. The van der Waals surface area contributed by atoms with Gasteiger partial charge in [0.25, 0.3) is 5.69 Å². The van der Waals surface area contributed by atoms with Gasteiger partial charge in [-0.2, -0.15) is 0 Å². The maximum absolute atomic E-state index is 11.8. The standard InChI is InChI=1S/C22H18N4O4/c1-14(27)15-5-4-6-16(11-15)24-22(18-12-17(26(29)30)9-10-21(18)28)25-13-23-19-7-2-3-8-20(19)25/h2-13,22,24,28H,1H3/t22-/m0/s1. The molecule has 1 heterocycles. The van der Waals surface area contributed by atoms with Gasteiger partial charge in [-0.1, -0.05) is 24.3 Å². The fourth-order valence-electron chi connectivity index (χ4n) is 3.34. The van der Waals surface area contributed by atoms with Crippen molar-refractivity contribution in [3.63, 3.8) is 0 Å². The SMILES string of the molecule is CC(=O)c1cccc(N[C@H](c2cc([N+](=O)[O-])ccc2O)n2cnc3ccccc32)c1. The van der Waals surface area contributed by atoms with E-state index in [4.69, 9.17) is 0 Å². The fraction of sp³-hybridized carbons (Fsp3) is 0.0909. The van der Waals surface area contributed by atoms with Gasteiger partial charge in [-0.25, -0.2) is 4.98 Å². The number of hydrogen-bond donors (Lipinski definition) is 2. The number of aromatic hydroxyl groups is 1. The van der Waals surface area contributed by atoms with E-state index in [0.29, 0.717) is 16.8 Å². The van der Waals surface area contributed by atoms with E-state index in [1.807, 2.05) is 24.3 Å². The molecule has 0 bridgehead atoms. The van der Waals surface area contributed by atoms with E-state index in [-0.39, 0.29) is 17.2 Å². The average Bonchev–Trinajstić information content (AvgIpc) is 3.16. The smallest absolute Gasteiger partial charge is 0.270 e. The Kier molecular flexibility index (Phi) is 4.89. The summed E-state index contributed by atoms with van der Waals surface area (Å²) in [4.78, 5) is 27.0. The van der Waals surface area contributed by atoms with Crippen LogP contribution in [0.1, 0.15) is 29.0 Å². The zero-order valence-electron chi connectivity index (χ0n) is 16.0. The molecule has 0 aliphatic carbocycles. The van der Waals surface area contributed by atoms with Crippen LogP contribution in [0, 0.1) is 10.1 Å². The number of hydrogen-bond acceptors (Lipinski definition) is 6. The second kappa shape index (κ2) is 7.67. The first-order chi connectivity index (χ1) is 14.4. The molecule has 0 radical (unpaired) electrons.